The summed E-state index contributed by atoms with van der Waals surface area (Å²) in [7, 11) is 0. The van der Waals surface area contributed by atoms with Crippen LogP contribution >= 0.6 is 27.5 Å². The number of carbonyl (C=O) groups is 1. The molecular formula is C20H20BrClN4O. The summed E-state index contributed by atoms with van der Waals surface area (Å²) in [6.07, 6.45) is 1.81. The van der Waals surface area contributed by atoms with Gasteiger partial charge in [0.25, 0.3) is 5.91 Å². The number of nitrogens with one attached hydrogen (secondary N) is 3. The first-order valence-corrected chi connectivity index (χ1v) is 10.1. The largest absolute Gasteiger partial charge is 0.351 e. The summed E-state index contributed by atoms with van der Waals surface area (Å²) < 4.78 is 1.05. The fourth-order valence-electron chi connectivity index (χ4n) is 3.33. The number of nitrogens with zero attached hydrogens (tertiary/aromatic N) is 1. The Labute approximate surface area is 171 Å². The maximum atomic E-state index is 12.8. The van der Waals surface area contributed by atoms with Gasteiger partial charge in [-0.1, -0.05) is 27.5 Å². The van der Waals surface area contributed by atoms with Gasteiger partial charge in [0, 0.05) is 45.2 Å². The fourth-order valence-corrected chi connectivity index (χ4v) is 3.78. The predicted molar refractivity (Wildman–Crippen MR) is 113 cm³/mol. The van der Waals surface area contributed by atoms with Crippen LogP contribution < -0.4 is 10.9 Å². The van der Waals surface area contributed by atoms with Crippen LogP contribution in [0.5, 0.6) is 0 Å². The van der Waals surface area contributed by atoms with Gasteiger partial charge in [-0.25, -0.2) is 5.43 Å². The third-order valence-corrected chi connectivity index (χ3v) is 5.62. The minimum atomic E-state index is 0.0432. The molecule has 2 heterocycles. The number of H-pyrrole nitrogens is 1. The summed E-state index contributed by atoms with van der Waals surface area (Å²) in [5.41, 5.74) is 9.17. The summed E-state index contributed by atoms with van der Waals surface area (Å²) in [5, 5.41) is 1.63. The summed E-state index contributed by atoms with van der Waals surface area (Å²) in [6, 6.07) is 15.8. The van der Waals surface area contributed by atoms with E-state index >= 15 is 0 Å². The van der Waals surface area contributed by atoms with Crippen molar-refractivity contribution in [2.24, 2.45) is 0 Å². The first kappa shape index (κ1) is 18.3. The van der Waals surface area contributed by atoms with Gasteiger partial charge in [0.15, 0.2) is 0 Å². The standard InChI is InChI=1S/C20H20BrClN4O/c21-14-1-4-16(5-2-14)24-25-17-7-9-26(10-8-17)20(27)19-12-13-11-15(22)3-6-18(13)23-19/h1-6,11-12,17,23-25H,7-10H2. The van der Waals surface area contributed by atoms with Crippen molar-refractivity contribution in [3.05, 3.63) is 63.7 Å². The molecular weight excluding hydrogens is 428 g/mol. The summed E-state index contributed by atoms with van der Waals surface area (Å²) in [6.45, 7) is 1.46. The van der Waals surface area contributed by atoms with E-state index in [2.05, 4.69) is 31.8 Å². The van der Waals surface area contributed by atoms with Gasteiger partial charge in [0.2, 0.25) is 0 Å². The molecule has 7 heteroatoms. The van der Waals surface area contributed by atoms with E-state index in [0.717, 1.165) is 47.0 Å². The van der Waals surface area contributed by atoms with Crippen molar-refractivity contribution in [1.29, 1.82) is 0 Å². The van der Waals surface area contributed by atoms with Crippen LogP contribution in [0.4, 0.5) is 5.69 Å². The molecule has 1 fully saturated rings. The molecule has 140 valence electrons. The minimum Gasteiger partial charge on any atom is -0.351 e. The summed E-state index contributed by atoms with van der Waals surface area (Å²) in [4.78, 5) is 17.9. The molecule has 0 bridgehead atoms. The smallest absolute Gasteiger partial charge is 0.270 e. The Morgan fingerprint density at radius 3 is 2.59 bits per heavy atom. The highest BCUT2D eigenvalue weighted by molar-refractivity contribution is 9.10. The number of anilines is 1. The van der Waals surface area contributed by atoms with Gasteiger partial charge in [-0.05, 0) is 61.4 Å². The molecule has 0 spiro atoms. The molecule has 0 radical (unpaired) electrons. The molecule has 1 aliphatic rings. The van der Waals surface area contributed by atoms with Crippen molar-refractivity contribution in [1.82, 2.24) is 15.3 Å². The second kappa shape index (κ2) is 7.92. The highest BCUT2D eigenvalue weighted by Crippen LogP contribution is 2.22. The Kier molecular flexibility index (Phi) is 5.38. The van der Waals surface area contributed by atoms with Gasteiger partial charge in [-0.15, -0.1) is 0 Å². The molecule has 1 aromatic heterocycles. The molecule has 4 rings (SSSR count). The number of hydrogen-bond donors (Lipinski definition) is 3. The minimum absolute atomic E-state index is 0.0432. The van der Waals surface area contributed by atoms with Crippen molar-refractivity contribution in [2.45, 2.75) is 18.9 Å². The van der Waals surface area contributed by atoms with E-state index in [9.17, 15) is 4.79 Å². The molecule has 0 saturated carbocycles. The van der Waals surface area contributed by atoms with E-state index in [0.29, 0.717) is 16.8 Å². The quantitative estimate of drug-likeness (QED) is 0.503. The van der Waals surface area contributed by atoms with Crippen LogP contribution in [-0.4, -0.2) is 34.9 Å². The van der Waals surface area contributed by atoms with Crippen LogP contribution in [0.15, 0.2) is 53.0 Å². The third-order valence-electron chi connectivity index (χ3n) is 4.86. The molecule has 1 saturated heterocycles. The van der Waals surface area contributed by atoms with Crippen LogP contribution in [0.1, 0.15) is 23.3 Å². The Morgan fingerprint density at radius 1 is 1.11 bits per heavy atom. The van der Waals surface area contributed by atoms with Gasteiger partial charge in [0.1, 0.15) is 5.69 Å². The molecule has 2 aromatic carbocycles. The lowest BCUT2D eigenvalue weighted by atomic mass is 10.1. The maximum Gasteiger partial charge on any atom is 0.270 e. The van der Waals surface area contributed by atoms with Gasteiger partial charge >= 0.3 is 0 Å². The average Bonchev–Trinajstić information content (AvgIpc) is 3.10. The number of fused-ring (bicyclic) bond motifs is 1. The number of hydrogen-bond acceptors (Lipinski definition) is 3. The zero-order valence-corrected chi connectivity index (χ0v) is 17.0. The van der Waals surface area contributed by atoms with Crippen molar-refractivity contribution in [3.8, 4) is 0 Å². The van der Waals surface area contributed by atoms with Crippen LogP contribution in [0.3, 0.4) is 0 Å². The number of aromatic nitrogens is 1. The molecule has 5 nitrogen and oxygen atoms in total. The summed E-state index contributed by atoms with van der Waals surface area (Å²) >= 11 is 9.46. The molecule has 0 aliphatic carbocycles. The Hall–Kier alpha value is -2.02. The molecule has 3 aromatic rings. The van der Waals surface area contributed by atoms with Gasteiger partial charge < -0.3 is 15.3 Å². The lowest BCUT2D eigenvalue weighted by Gasteiger charge is -2.32. The number of aromatic amines is 1. The first-order valence-electron chi connectivity index (χ1n) is 8.93. The molecule has 27 heavy (non-hydrogen) atoms. The first-order chi connectivity index (χ1) is 13.1. The van der Waals surface area contributed by atoms with E-state index in [4.69, 9.17) is 11.6 Å². The maximum absolute atomic E-state index is 12.8. The van der Waals surface area contributed by atoms with Gasteiger partial charge in [-0.3, -0.25) is 4.79 Å². The van der Waals surface area contributed by atoms with Crippen molar-refractivity contribution < 1.29 is 4.79 Å². The SMILES string of the molecule is O=C(c1cc2cc(Cl)ccc2[nH]1)N1CCC(NNc2ccc(Br)cc2)CC1. The van der Waals surface area contributed by atoms with Crippen molar-refractivity contribution >= 4 is 50.0 Å². The molecule has 1 amide bonds. The predicted octanol–water partition coefficient (Wildman–Crippen LogP) is 4.81. The number of benzene rings is 2. The van der Waals surface area contributed by atoms with Crippen molar-refractivity contribution in [3.63, 3.8) is 0 Å². The second-order valence-electron chi connectivity index (χ2n) is 6.76. The van der Waals surface area contributed by atoms with E-state index in [1.807, 2.05) is 53.4 Å². The molecule has 1 aliphatic heterocycles. The lowest BCUT2D eigenvalue weighted by Crippen LogP contribution is -2.46. The number of halogens is 2. The van der Waals surface area contributed by atoms with Gasteiger partial charge in [-0.2, -0.15) is 0 Å². The van der Waals surface area contributed by atoms with Crippen LogP contribution in [0, 0.1) is 0 Å². The topological polar surface area (TPSA) is 60.2 Å². The number of carbonyl (C=O) groups excluding carboxylic acids is 1. The van der Waals surface area contributed by atoms with Crippen molar-refractivity contribution in [2.75, 3.05) is 18.5 Å². The van der Waals surface area contributed by atoms with Crippen LogP contribution in [0.25, 0.3) is 10.9 Å². The Morgan fingerprint density at radius 2 is 1.85 bits per heavy atom. The second-order valence-corrected chi connectivity index (χ2v) is 8.11. The van der Waals surface area contributed by atoms with E-state index < -0.39 is 0 Å². The average molecular weight is 448 g/mol. The lowest BCUT2D eigenvalue weighted by molar-refractivity contribution is 0.0702. The Bertz CT molecular complexity index is 948. The highest BCUT2D eigenvalue weighted by Gasteiger charge is 2.24. The van der Waals surface area contributed by atoms with E-state index in [-0.39, 0.29) is 5.91 Å². The highest BCUT2D eigenvalue weighted by atomic mass is 79.9. The normalized spacial score (nSPS) is 15.3. The van der Waals surface area contributed by atoms with E-state index in [1.165, 1.54) is 0 Å². The van der Waals surface area contributed by atoms with Gasteiger partial charge in [0.05, 0.1) is 0 Å². The Balaban J connectivity index is 1.32. The number of likely N-dealkylation sites (tertiary alicyclic amines) is 1. The molecule has 3 N–H and O–H groups in total. The molecule has 0 unspecified atom stereocenters. The number of rotatable bonds is 4. The van der Waals surface area contributed by atoms with Crippen LogP contribution in [0.2, 0.25) is 5.02 Å². The zero-order valence-electron chi connectivity index (χ0n) is 14.6. The fraction of sp³-hybridized carbons (Fsp3) is 0.250. The third kappa shape index (κ3) is 4.29. The summed E-state index contributed by atoms with van der Waals surface area (Å²) in [5.74, 6) is 0.0432. The number of amides is 1. The number of hydrazine groups is 1. The van der Waals surface area contributed by atoms with E-state index in [1.54, 1.807) is 0 Å². The number of piperidine rings is 1. The molecule has 0 atom stereocenters. The van der Waals surface area contributed by atoms with Crippen LogP contribution in [-0.2, 0) is 0 Å². The monoisotopic (exact) mass is 446 g/mol. The zero-order chi connectivity index (χ0) is 18.8.